The van der Waals surface area contributed by atoms with E-state index in [1.165, 1.54) is 11.3 Å². The van der Waals surface area contributed by atoms with E-state index in [-0.39, 0.29) is 12.8 Å². The van der Waals surface area contributed by atoms with Crippen molar-refractivity contribution in [2.75, 3.05) is 0 Å². The Bertz CT molecular complexity index is 908. The summed E-state index contributed by atoms with van der Waals surface area (Å²) in [4.78, 5) is 25.2. The van der Waals surface area contributed by atoms with Gasteiger partial charge in [-0.1, -0.05) is 35.9 Å². The second-order valence-corrected chi connectivity index (χ2v) is 7.91. The molecule has 0 spiro atoms. The summed E-state index contributed by atoms with van der Waals surface area (Å²) in [7, 11) is 0. The van der Waals surface area contributed by atoms with Crippen LogP contribution in [-0.4, -0.2) is 17.7 Å². The van der Waals surface area contributed by atoms with Crippen molar-refractivity contribution in [3.63, 3.8) is 0 Å². The van der Waals surface area contributed by atoms with Crippen LogP contribution in [0.3, 0.4) is 0 Å². The van der Waals surface area contributed by atoms with Crippen LogP contribution in [0, 0.1) is 0 Å². The van der Waals surface area contributed by atoms with Crippen LogP contribution >= 0.6 is 22.9 Å². The molecule has 0 amide bonds. The van der Waals surface area contributed by atoms with Crippen LogP contribution in [0.4, 0.5) is 0 Å². The molecule has 0 saturated carbocycles. The Morgan fingerprint density at radius 1 is 1.08 bits per heavy atom. The summed E-state index contributed by atoms with van der Waals surface area (Å²) in [5, 5.41) is 0. The molecule has 1 aromatic heterocycles. The lowest BCUT2D eigenvalue weighted by molar-refractivity contribution is -0.208. The first-order valence-electron chi connectivity index (χ1n) is 7.67. The Morgan fingerprint density at radius 3 is 2.52 bits per heavy atom. The van der Waals surface area contributed by atoms with E-state index >= 15 is 0 Å². The predicted octanol–water partition coefficient (Wildman–Crippen LogP) is 2.71. The number of ether oxygens (including phenoxy) is 2. The number of fused-ring (bicyclic) bond motifs is 3. The maximum Gasteiger partial charge on any atom is 0.332 e. The van der Waals surface area contributed by atoms with Gasteiger partial charge in [-0.3, -0.25) is 5.73 Å². The molecule has 2 unspecified atom stereocenters. The standard InChI is InChI=1S/C18H14ClNO4S/c19-14-6-5-12(25-14)10-17-13-4-2-1-3-11(13)9-18(17,20)24-16(22)8-7-15(21)23-17/h1-8H,9-10,20H2/b8-7-. The number of rotatable bonds is 2. The molecular formula is C18H14ClNO4S. The molecule has 0 fully saturated rings. The van der Waals surface area contributed by atoms with Gasteiger partial charge in [0.15, 0.2) is 5.60 Å². The molecule has 1 aliphatic carbocycles. The molecule has 0 bridgehead atoms. The van der Waals surface area contributed by atoms with Gasteiger partial charge in [-0.15, -0.1) is 11.3 Å². The van der Waals surface area contributed by atoms with Gasteiger partial charge >= 0.3 is 11.9 Å². The molecule has 2 N–H and O–H groups in total. The van der Waals surface area contributed by atoms with Gasteiger partial charge < -0.3 is 9.47 Å². The van der Waals surface area contributed by atoms with E-state index in [4.69, 9.17) is 26.8 Å². The summed E-state index contributed by atoms with van der Waals surface area (Å²) in [6.45, 7) is 0. The summed E-state index contributed by atoms with van der Waals surface area (Å²) in [6.07, 6.45) is 2.62. The summed E-state index contributed by atoms with van der Waals surface area (Å²) in [6, 6.07) is 11.1. The predicted molar refractivity (Wildman–Crippen MR) is 93.1 cm³/mol. The molecule has 25 heavy (non-hydrogen) atoms. The van der Waals surface area contributed by atoms with Crippen LogP contribution in [0.25, 0.3) is 0 Å². The number of halogens is 1. The summed E-state index contributed by atoms with van der Waals surface area (Å²) < 4.78 is 12.0. The fraction of sp³-hybridized carbons (Fsp3) is 0.222. The lowest BCUT2D eigenvalue weighted by Crippen LogP contribution is -2.62. The quantitative estimate of drug-likeness (QED) is 0.816. The van der Waals surface area contributed by atoms with Crippen molar-refractivity contribution < 1.29 is 19.1 Å². The monoisotopic (exact) mass is 375 g/mol. The van der Waals surface area contributed by atoms with Crippen molar-refractivity contribution in [1.29, 1.82) is 0 Å². The molecule has 128 valence electrons. The number of esters is 2. The Morgan fingerprint density at radius 2 is 1.80 bits per heavy atom. The molecular weight excluding hydrogens is 362 g/mol. The molecule has 1 aromatic carbocycles. The first kappa shape index (κ1) is 16.3. The van der Waals surface area contributed by atoms with Crippen LogP contribution in [0.15, 0.2) is 48.6 Å². The lowest BCUT2D eigenvalue weighted by atomic mass is 9.85. The van der Waals surface area contributed by atoms with Crippen LogP contribution in [0.5, 0.6) is 0 Å². The minimum Gasteiger partial charge on any atom is -0.445 e. The van der Waals surface area contributed by atoms with Gasteiger partial charge in [-0.2, -0.15) is 0 Å². The van der Waals surface area contributed by atoms with Gasteiger partial charge in [0.05, 0.1) is 4.34 Å². The Hall–Kier alpha value is -2.15. The zero-order valence-corrected chi connectivity index (χ0v) is 14.6. The van der Waals surface area contributed by atoms with Gasteiger partial charge in [-0.25, -0.2) is 9.59 Å². The number of carbonyl (C=O) groups is 2. The Labute approximate surface area is 153 Å². The van der Waals surface area contributed by atoms with E-state index in [0.717, 1.165) is 28.2 Å². The van der Waals surface area contributed by atoms with Crippen LogP contribution in [0.1, 0.15) is 16.0 Å². The third-order valence-corrected chi connectivity index (χ3v) is 5.79. The van der Waals surface area contributed by atoms with Gasteiger partial charge in [0.2, 0.25) is 5.72 Å². The maximum absolute atomic E-state index is 12.3. The molecule has 0 radical (unpaired) electrons. The normalized spacial score (nSPS) is 29.0. The highest BCUT2D eigenvalue weighted by Crippen LogP contribution is 2.50. The van der Waals surface area contributed by atoms with Crippen LogP contribution in [0.2, 0.25) is 4.34 Å². The van der Waals surface area contributed by atoms with E-state index in [2.05, 4.69) is 0 Å². The van der Waals surface area contributed by atoms with Crippen molar-refractivity contribution in [3.05, 3.63) is 68.9 Å². The van der Waals surface area contributed by atoms with Crippen molar-refractivity contribution in [3.8, 4) is 0 Å². The lowest BCUT2D eigenvalue weighted by Gasteiger charge is -2.42. The number of nitrogens with two attached hydrogens (primary N) is 1. The molecule has 7 heteroatoms. The Balaban J connectivity index is 1.92. The van der Waals surface area contributed by atoms with Crippen molar-refractivity contribution in [2.24, 2.45) is 5.73 Å². The van der Waals surface area contributed by atoms with Gasteiger partial charge in [0, 0.05) is 35.4 Å². The fourth-order valence-corrected chi connectivity index (χ4v) is 4.67. The summed E-state index contributed by atoms with van der Waals surface area (Å²) in [5.41, 5.74) is 5.37. The third kappa shape index (κ3) is 2.57. The number of thiophene rings is 1. The molecule has 2 aromatic rings. The van der Waals surface area contributed by atoms with Crippen molar-refractivity contribution in [1.82, 2.24) is 0 Å². The van der Waals surface area contributed by atoms with Crippen molar-refractivity contribution >= 4 is 34.9 Å². The van der Waals surface area contributed by atoms with Crippen LogP contribution in [-0.2, 0) is 37.5 Å². The van der Waals surface area contributed by atoms with E-state index in [9.17, 15) is 9.59 Å². The molecule has 2 aliphatic rings. The van der Waals surface area contributed by atoms with E-state index in [0.29, 0.717) is 4.34 Å². The third-order valence-electron chi connectivity index (χ3n) is 4.55. The van der Waals surface area contributed by atoms with Gasteiger partial charge in [0.1, 0.15) is 0 Å². The summed E-state index contributed by atoms with van der Waals surface area (Å²) >= 11 is 7.42. The SMILES string of the molecule is NC12Cc3ccccc3C1(Cc1ccc(Cl)s1)OC(=O)/C=C\C(=O)O2. The molecule has 2 atom stereocenters. The maximum atomic E-state index is 12.3. The largest absolute Gasteiger partial charge is 0.445 e. The molecule has 1 aliphatic heterocycles. The fourth-order valence-electron chi connectivity index (χ4n) is 3.51. The molecule has 0 saturated heterocycles. The minimum absolute atomic E-state index is 0.259. The highest BCUT2D eigenvalue weighted by Gasteiger charge is 2.62. The van der Waals surface area contributed by atoms with E-state index in [1.807, 2.05) is 30.3 Å². The second-order valence-electron chi connectivity index (χ2n) is 6.11. The zero-order chi connectivity index (χ0) is 17.7. The van der Waals surface area contributed by atoms with Gasteiger partial charge in [-0.05, 0) is 17.7 Å². The molecule has 2 heterocycles. The smallest absolute Gasteiger partial charge is 0.332 e. The average molecular weight is 376 g/mol. The van der Waals surface area contributed by atoms with Gasteiger partial charge in [0.25, 0.3) is 0 Å². The van der Waals surface area contributed by atoms with E-state index < -0.39 is 23.3 Å². The number of benzene rings is 1. The topological polar surface area (TPSA) is 78.6 Å². The van der Waals surface area contributed by atoms with Crippen molar-refractivity contribution in [2.45, 2.75) is 24.2 Å². The Kier molecular flexibility index (Phi) is 3.72. The molecule has 5 nitrogen and oxygen atoms in total. The first-order valence-corrected chi connectivity index (χ1v) is 8.87. The summed E-state index contributed by atoms with van der Waals surface area (Å²) in [5.74, 6) is -1.30. The number of carbonyl (C=O) groups excluding carboxylic acids is 2. The van der Waals surface area contributed by atoms with E-state index in [1.54, 1.807) is 6.07 Å². The second kappa shape index (κ2) is 5.69. The van der Waals surface area contributed by atoms with Crippen LogP contribution < -0.4 is 5.73 Å². The number of hydrogen-bond acceptors (Lipinski definition) is 6. The average Bonchev–Trinajstić information content (AvgIpc) is 3.05. The highest BCUT2D eigenvalue weighted by atomic mass is 35.5. The minimum atomic E-state index is -1.50. The molecule has 4 rings (SSSR count). The first-order chi connectivity index (χ1) is 11.9. The highest BCUT2D eigenvalue weighted by molar-refractivity contribution is 7.16. The zero-order valence-electron chi connectivity index (χ0n) is 13.0. The number of hydrogen-bond donors (Lipinski definition) is 1.